The van der Waals surface area contributed by atoms with Crippen molar-refractivity contribution in [2.75, 3.05) is 13.6 Å². The average Bonchev–Trinajstić information content (AvgIpc) is 1.98. The Morgan fingerprint density at radius 3 is 2.09 bits per heavy atom. The quantitative estimate of drug-likeness (QED) is 0.564. The molecule has 66 valence electrons. The normalized spacial score (nSPS) is 15.2. The van der Waals surface area contributed by atoms with Crippen LogP contribution >= 0.6 is 0 Å². The highest BCUT2D eigenvalue weighted by Crippen LogP contribution is 2.00. The van der Waals surface area contributed by atoms with Crippen LogP contribution in [0.3, 0.4) is 0 Å². The Morgan fingerprint density at radius 2 is 1.73 bits per heavy atom. The van der Waals surface area contributed by atoms with Gasteiger partial charge in [0.15, 0.2) is 0 Å². The zero-order valence-electron chi connectivity index (χ0n) is 8.46. The molecule has 0 N–H and O–H groups in total. The molecule has 0 saturated carbocycles. The molecule has 0 amide bonds. The third-order valence-electron chi connectivity index (χ3n) is 1.97. The van der Waals surface area contributed by atoms with Crippen molar-refractivity contribution >= 4 is 0 Å². The molecular formula is C10H21N. The van der Waals surface area contributed by atoms with Gasteiger partial charge < -0.3 is 4.90 Å². The van der Waals surface area contributed by atoms with E-state index < -0.39 is 0 Å². The summed E-state index contributed by atoms with van der Waals surface area (Å²) in [6, 6.07) is 0.572. The average molecular weight is 155 g/mol. The van der Waals surface area contributed by atoms with Crippen LogP contribution in [-0.2, 0) is 0 Å². The maximum Gasteiger partial charge on any atom is 0.0246 e. The molecule has 11 heavy (non-hydrogen) atoms. The molecule has 0 aliphatic rings. The summed E-state index contributed by atoms with van der Waals surface area (Å²) in [4.78, 5) is 2.32. The highest BCUT2D eigenvalue weighted by molar-refractivity contribution is 4.92. The number of hydrogen-bond donors (Lipinski definition) is 0. The van der Waals surface area contributed by atoms with E-state index in [-0.39, 0.29) is 0 Å². The van der Waals surface area contributed by atoms with E-state index in [9.17, 15) is 0 Å². The van der Waals surface area contributed by atoms with Crippen LogP contribution in [0, 0.1) is 5.92 Å². The van der Waals surface area contributed by atoms with Gasteiger partial charge >= 0.3 is 0 Å². The van der Waals surface area contributed by atoms with Gasteiger partial charge in [0.1, 0.15) is 0 Å². The molecule has 1 nitrogen and oxygen atoms in total. The standard InChI is InChI=1S/C10H21N/c1-6-11(5)10(4)8-7-9(2)3/h7-10H,6H2,1-5H3/b8-7-. The van der Waals surface area contributed by atoms with Gasteiger partial charge in [0, 0.05) is 6.04 Å². The van der Waals surface area contributed by atoms with Crippen molar-refractivity contribution in [2.24, 2.45) is 5.92 Å². The topological polar surface area (TPSA) is 3.24 Å². The van der Waals surface area contributed by atoms with Gasteiger partial charge in [-0.1, -0.05) is 32.9 Å². The molecule has 0 bridgehead atoms. The molecule has 1 heteroatoms. The van der Waals surface area contributed by atoms with E-state index in [0.717, 1.165) is 6.54 Å². The van der Waals surface area contributed by atoms with Crippen molar-refractivity contribution in [1.82, 2.24) is 4.90 Å². The van der Waals surface area contributed by atoms with Gasteiger partial charge in [0.25, 0.3) is 0 Å². The van der Waals surface area contributed by atoms with Crippen LogP contribution in [0.25, 0.3) is 0 Å². The van der Waals surface area contributed by atoms with Crippen molar-refractivity contribution < 1.29 is 0 Å². The number of allylic oxidation sites excluding steroid dienone is 1. The second kappa shape index (κ2) is 5.36. The SMILES string of the molecule is CCN(C)C(C)/C=C\C(C)C. The van der Waals surface area contributed by atoms with E-state index in [1.807, 2.05) is 0 Å². The van der Waals surface area contributed by atoms with Crippen molar-refractivity contribution in [3.63, 3.8) is 0 Å². The second-order valence-corrected chi connectivity index (χ2v) is 3.44. The van der Waals surface area contributed by atoms with Crippen molar-refractivity contribution in [3.8, 4) is 0 Å². The first-order valence-corrected chi connectivity index (χ1v) is 4.46. The molecule has 0 aliphatic carbocycles. The number of hydrogen-bond acceptors (Lipinski definition) is 1. The second-order valence-electron chi connectivity index (χ2n) is 3.44. The number of likely N-dealkylation sites (N-methyl/N-ethyl adjacent to an activating group) is 1. The molecule has 0 aromatic heterocycles. The van der Waals surface area contributed by atoms with Crippen molar-refractivity contribution in [3.05, 3.63) is 12.2 Å². The summed E-state index contributed by atoms with van der Waals surface area (Å²) in [6.45, 7) is 9.93. The fourth-order valence-corrected chi connectivity index (χ4v) is 0.818. The molecular weight excluding hydrogens is 134 g/mol. The Bertz CT molecular complexity index is 116. The van der Waals surface area contributed by atoms with Crippen LogP contribution in [-0.4, -0.2) is 24.5 Å². The summed E-state index contributed by atoms with van der Waals surface area (Å²) in [6.07, 6.45) is 4.53. The van der Waals surface area contributed by atoms with Gasteiger partial charge in [0.2, 0.25) is 0 Å². The lowest BCUT2D eigenvalue weighted by Gasteiger charge is -2.19. The Balaban J connectivity index is 3.75. The van der Waals surface area contributed by atoms with Crippen LogP contribution in [0.4, 0.5) is 0 Å². The molecule has 0 saturated heterocycles. The molecule has 1 atom stereocenters. The maximum absolute atomic E-state index is 2.32. The Hall–Kier alpha value is -0.300. The molecule has 0 aromatic rings. The maximum atomic E-state index is 2.32. The third-order valence-corrected chi connectivity index (χ3v) is 1.97. The lowest BCUT2D eigenvalue weighted by atomic mass is 10.1. The lowest BCUT2D eigenvalue weighted by Crippen LogP contribution is -2.26. The third kappa shape index (κ3) is 5.02. The summed E-state index contributed by atoms with van der Waals surface area (Å²) >= 11 is 0. The van der Waals surface area contributed by atoms with Gasteiger partial charge in [-0.05, 0) is 26.4 Å². The van der Waals surface area contributed by atoms with Gasteiger partial charge in [-0.3, -0.25) is 0 Å². The van der Waals surface area contributed by atoms with Gasteiger partial charge in [0.05, 0.1) is 0 Å². The molecule has 0 heterocycles. The van der Waals surface area contributed by atoms with E-state index in [4.69, 9.17) is 0 Å². The van der Waals surface area contributed by atoms with Crippen molar-refractivity contribution in [1.29, 1.82) is 0 Å². The van der Waals surface area contributed by atoms with Crippen LogP contribution in [0.5, 0.6) is 0 Å². The molecule has 0 aliphatic heterocycles. The predicted octanol–water partition coefficient (Wildman–Crippen LogP) is 2.54. The highest BCUT2D eigenvalue weighted by atomic mass is 15.1. The highest BCUT2D eigenvalue weighted by Gasteiger charge is 2.01. The van der Waals surface area contributed by atoms with Crippen molar-refractivity contribution in [2.45, 2.75) is 33.7 Å². The summed E-state index contributed by atoms with van der Waals surface area (Å²) in [5, 5.41) is 0. The largest absolute Gasteiger partial charge is 0.301 e. The Morgan fingerprint density at radius 1 is 1.18 bits per heavy atom. The molecule has 1 unspecified atom stereocenters. The van der Waals surface area contributed by atoms with E-state index in [1.165, 1.54) is 0 Å². The van der Waals surface area contributed by atoms with Gasteiger partial charge in [-0.25, -0.2) is 0 Å². The lowest BCUT2D eigenvalue weighted by molar-refractivity contribution is 0.313. The smallest absolute Gasteiger partial charge is 0.0246 e. The summed E-state index contributed by atoms with van der Waals surface area (Å²) in [5.41, 5.74) is 0. The minimum absolute atomic E-state index is 0.572. The molecule has 0 spiro atoms. The predicted molar refractivity (Wildman–Crippen MR) is 51.7 cm³/mol. The molecule has 0 rings (SSSR count). The first kappa shape index (κ1) is 10.7. The van der Waals surface area contributed by atoms with Gasteiger partial charge in [-0.2, -0.15) is 0 Å². The minimum atomic E-state index is 0.572. The van der Waals surface area contributed by atoms with Gasteiger partial charge in [-0.15, -0.1) is 0 Å². The monoisotopic (exact) mass is 155 g/mol. The van der Waals surface area contributed by atoms with Crippen LogP contribution in [0.1, 0.15) is 27.7 Å². The van der Waals surface area contributed by atoms with E-state index in [2.05, 4.69) is 51.8 Å². The fraction of sp³-hybridized carbons (Fsp3) is 0.800. The molecule has 0 fully saturated rings. The molecule has 0 radical (unpaired) electrons. The minimum Gasteiger partial charge on any atom is -0.301 e. The fourth-order valence-electron chi connectivity index (χ4n) is 0.818. The van der Waals surface area contributed by atoms with Crippen LogP contribution in [0.2, 0.25) is 0 Å². The summed E-state index contributed by atoms with van der Waals surface area (Å²) < 4.78 is 0. The number of rotatable bonds is 4. The Kier molecular flexibility index (Phi) is 5.22. The zero-order valence-corrected chi connectivity index (χ0v) is 8.46. The molecule has 0 aromatic carbocycles. The first-order chi connectivity index (χ1) is 5.07. The number of nitrogens with zero attached hydrogens (tertiary/aromatic N) is 1. The summed E-state index contributed by atoms with van der Waals surface area (Å²) in [7, 11) is 2.15. The first-order valence-electron chi connectivity index (χ1n) is 4.46. The van der Waals surface area contributed by atoms with Crippen LogP contribution < -0.4 is 0 Å². The Labute approximate surface area is 71.1 Å². The van der Waals surface area contributed by atoms with E-state index in [0.29, 0.717) is 12.0 Å². The van der Waals surface area contributed by atoms with Crippen LogP contribution in [0.15, 0.2) is 12.2 Å². The van der Waals surface area contributed by atoms with E-state index >= 15 is 0 Å². The zero-order chi connectivity index (χ0) is 8.85. The summed E-state index contributed by atoms with van der Waals surface area (Å²) in [5.74, 6) is 0.669. The van der Waals surface area contributed by atoms with E-state index in [1.54, 1.807) is 0 Å².